The van der Waals surface area contributed by atoms with E-state index in [1.807, 2.05) is 6.07 Å². The number of nitrogens with one attached hydrogen (secondary N) is 1. The Bertz CT molecular complexity index is 451. The molecule has 0 saturated heterocycles. The lowest BCUT2D eigenvalue weighted by molar-refractivity contribution is 0.501. The fourth-order valence-electron chi connectivity index (χ4n) is 2.01. The molecule has 90 valence electrons. The number of benzene rings is 1. The van der Waals surface area contributed by atoms with Crippen molar-refractivity contribution < 1.29 is 4.42 Å². The highest BCUT2D eigenvalue weighted by molar-refractivity contribution is 5.26. The van der Waals surface area contributed by atoms with Gasteiger partial charge in [0.15, 0.2) is 0 Å². The van der Waals surface area contributed by atoms with Crippen LogP contribution < -0.4 is 11.3 Å². The third-order valence-corrected chi connectivity index (χ3v) is 3.11. The van der Waals surface area contributed by atoms with Gasteiger partial charge >= 0.3 is 0 Å². The van der Waals surface area contributed by atoms with Crippen LogP contribution in [0.15, 0.2) is 47.3 Å². The molecule has 1 aromatic carbocycles. The largest absolute Gasteiger partial charge is 0.472 e. The second-order valence-corrected chi connectivity index (χ2v) is 4.24. The summed E-state index contributed by atoms with van der Waals surface area (Å²) in [5, 5.41) is 0. The van der Waals surface area contributed by atoms with Crippen molar-refractivity contribution in [1.29, 1.82) is 0 Å². The molecule has 1 aromatic heterocycles. The maximum absolute atomic E-state index is 5.57. The van der Waals surface area contributed by atoms with E-state index in [1.54, 1.807) is 12.5 Å². The monoisotopic (exact) mass is 230 g/mol. The lowest BCUT2D eigenvalue weighted by Gasteiger charge is -2.14. The predicted octanol–water partition coefficient (Wildman–Crippen LogP) is 2.73. The molecular formula is C14H18N2O. The first kappa shape index (κ1) is 11.9. The van der Waals surface area contributed by atoms with Crippen LogP contribution >= 0.6 is 0 Å². The molecule has 0 aliphatic rings. The molecule has 0 bridgehead atoms. The smallest absolute Gasteiger partial charge is 0.0950 e. The molecule has 0 aliphatic carbocycles. The normalized spacial score (nSPS) is 12.6. The van der Waals surface area contributed by atoms with Gasteiger partial charge in [-0.1, -0.05) is 24.3 Å². The van der Waals surface area contributed by atoms with Gasteiger partial charge in [0, 0.05) is 11.6 Å². The van der Waals surface area contributed by atoms with Crippen LogP contribution in [0.3, 0.4) is 0 Å². The van der Waals surface area contributed by atoms with E-state index < -0.39 is 0 Å². The summed E-state index contributed by atoms with van der Waals surface area (Å²) in [6, 6.07) is 10.5. The summed E-state index contributed by atoms with van der Waals surface area (Å²) in [5.74, 6) is 5.57. The van der Waals surface area contributed by atoms with Crippen molar-refractivity contribution in [2.45, 2.75) is 25.8 Å². The summed E-state index contributed by atoms with van der Waals surface area (Å²) < 4.78 is 5.08. The summed E-state index contributed by atoms with van der Waals surface area (Å²) in [5.41, 5.74) is 6.63. The highest BCUT2D eigenvalue weighted by Crippen LogP contribution is 2.20. The van der Waals surface area contributed by atoms with E-state index in [4.69, 9.17) is 10.3 Å². The minimum Gasteiger partial charge on any atom is -0.472 e. The number of hydrogen-bond donors (Lipinski definition) is 2. The summed E-state index contributed by atoms with van der Waals surface area (Å²) in [6.45, 7) is 2.14. The highest BCUT2D eigenvalue weighted by atomic mass is 16.3. The van der Waals surface area contributed by atoms with Crippen molar-refractivity contribution in [2.75, 3.05) is 0 Å². The first-order valence-electron chi connectivity index (χ1n) is 5.84. The van der Waals surface area contributed by atoms with Gasteiger partial charge < -0.3 is 4.42 Å². The van der Waals surface area contributed by atoms with Crippen molar-refractivity contribution in [1.82, 2.24) is 5.43 Å². The summed E-state index contributed by atoms with van der Waals surface area (Å²) in [6.07, 6.45) is 5.38. The van der Waals surface area contributed by atoms with E-state index in [9.17, 15) is 0 Å². The van der Waals surface area contributed by atoms with Crippen LogP contribution in [0.2, 0.25) is 0 Å². The van der Waals surface area contributed by atoms with Crippen LogP contribution in [0.25, 0.3) is 0 Å². The molecule has 3 nitrogen and oxygen atoms in total. The first-order valence-corrected chi connectivity index (χ1v) is 5.84. The number of hydrogen-bond acceptors (Lipinski definition) is 3. The highest BCUT2D eigenvalue weighted by Gasteiger charge is 2.11. The topological polar surface area (TPSA) is 51.2 Å². The minimum atomic E-state index is 0.147. The Labute approximate surface area is 102 Å². The number of nitrogens with two attached hydrogens (primary N) is 1. The zero-order chi connectivity index (χ0) is 12.1. The molecule has 2 rings (SSSR count). The van der Waals surface area contributed by atoms with Gasteiger partial charge in [-0.2, -0.15) is 0 Å². The summed E-state index contributed by atoms with van der Waals surface area (Å²) in [4.78, 5) is 0. The SMILES string of the molecule is Cc1ccccc1CCC(NN)c1ccoc1. The molecule has 0 radical (unpaired) electrons. The van der Waals surface area contributed by atoms with Crippen LogP contribution in [0.5, 0.6) is 0 Å². The van der Waals surface area contributed by atoms with E-state index in [0.29, 0.717) is 0 Å². The third-order valence-electron chi connectivity index (χ3n) is 3.11. The van der Waals surface area contributed by atoms with Crippen LogP contribution in [0.1, 0.15) is 29.2 Å². The summed E-state index contributed by atoms with van der Waals surface area (Å²) in [7, 11) is 0. The Kier molecular flexibility index (Phi) is 3.96. The standard InChI is InChI=1S/C14H18N2O/c1-11-4-2-3-5-12(11)6-7-14(16-15)13-8-9-17-10-13/h2-5,8-10,14,16H,6-7,15H2,1H3. The number of aryl methyl sites for hydroxylation is 2. The van der Waals surface area contributed by atoms with Crippen LogP contribution in [-0.2, 0) is 6.42 Å². The lowest BCUT2D eigenvalue weighted by atomic mass is 9.99. The van der Waals surface area contributed by atoms with E-state index in [0.717, 1.165) is 18.4 Å². The fourth-order valence-corrected chi connectivity index (χ4v) is 2.01. The minimum absolute atomic E-state index is 0.147. The zero-order valence-corrected chi connectivity index (χ0v) is 10.0. The van der Waals surface area contributed by atoms with E-state index in [1.165, 1.54) is 11.1 Å². The molecule has 1 heterocycles. The predicted molar refractivity (Wildman–Crippen MR) is 68.3 cm³/mol. The van der Waals surface area contributed by atoms with E-state index in [2.05, 4.69) is 36.6 Å². The maximum atomic E-state index is 5.57. The number of rotatable bonds is 5. The van der Waals surface area contributed by atoms with Crippen LogP contribution in [0, 0.1) is 6.92 Å². The average Bonchev–Trinajstić information content (AvgIpc) is 2.86. The molecular weight excluding hydrogens is 212 g/mol. The second-order valence-electron chi connectivity index (χ2n) is 4.24. The van der Waals surface area contributed by atoms with E-state index >= 15 is 0 Å². The van der Waals surface area contributed by atoms with Crippen molar-refractivity contribution in [3.8, 4) is 0 Å². The van der Waals surface area contributed by atoms with Crippen LogP contribution in [-0.4, -0.2) is 0 Å². The molecule has 1 unspecified atom stereocenters. The maximum Gasteiger partial charge on any atom is 0.0950 e. The van der Waals surface area contributed by atoms with Gasteiger partial charge in [-0.3, -0.25) is 11.3 Å². The Morgan fingerprint density at radius 2 is 2.12 bits per heavy atom. The summed E-state index contributed by atoms with van der Waals surface area (Å²) >= 11 is 0. The lowest BCUT2D eigenvalue weighted by Crippen LogP contribution is -2.28. The fraction of sp³-hybridized carbons (Fsp3) is 0.286. The Morgan fingerprint density at radius 3 is 2.76 bits per heavy atom. The van der Waals surface area contributed by atoms with Gasteiger partial charge in [0.25, 0.3) is 0 Å². The Balaban J connectivity index is 2.00. The van der Waals surface area contributed by atoms with Gasteiger partial charge in [-0.15, -0.1) is 0 Å². The van der Waals surface area contributed by atoms with Crippen molar-refractivity contribution >= 4 is 0 Å². The molecule has 1 atom stereocenters. The second kappa shape index (κ2) is 5.66. The number of furan rings is 1. The molecule has 3 heteroatoms. The van der Waals surface area contributed by atoms with E-state index in [-0.39, 0.29) is 6.04 Å². The number of hydrazine groups is 1. The van der Waals surface area contributed by atoms with Gasteiger partial charge in [-0.05, 0) is 37.0 Å². The zero-order valence-electron chi connectivity index (χ0n) is 10.0. The van der Waals surface area contributed by atoms with Gasteiger partial charge in [-0.25, -0.2) is 0 Å². The Morgan fingerprint density at radius 1 is 1.29 bits per heavy atom. The van der Waals surface area contributed by atoms with Gasteiger partial charge in [0.05, 0.1) is 12.5 Å². The van der Waals surface area contributed by atoms with Crippen LogP contribution in [0.4, 0.5) is 0 Å². The first-order chi connectivity index (χ1) is 8.31. The third kappa shape index (κ3) is 2.96. The molecule has 3 N–H and O–H groups in total. The Hall–Kier alpha value is -1.58. The van der Waals surface area contributed by atoms with Crippen molar-refractivity contribution in [2.24, 2.45) is 5.84 Å². The van der Waals surface area contributed by atoms with Crippen molar-refractivity contribution in [3.05, 3.63) is 59.5 Å². The molecule has 2 aromatic rings. The van der Waals surface area contributed by atoms with Gasteiger partial charge in [0.2, 0.25) is 0 Å². The van der Waals surface area contributed by atoms with Crippen molar-refractivity contribution in [3.63, 3.8) is 0 Å². The average molecular weight is 230 g/mol. The van der Waals surface area contributed by atoms with Gasteiger partial charge in [0.1, 0.15) is 0 Å². The molecule has 0 fully saturated rings. The molecule has 0 spiro atoms. The molecule has 0 aliphatic heterocycles. The molecule has 0 saturated carbocycles. The molecule has 0 amide bonds. The molecule has 17 heavy (non-hydrogen) atoms. The quantitative estimate of drug-likeness (QED) is 0.613.